The lowest BCUT2D eigenvalue weighted by Crippen LogP contribution is -2.45. The molecule has 0 aromatic heterocycles. The maximum atomic E-state index is 5.55. The van der Waals surface area contributed by atoms with Gasteiger partial charge in [0.1, 0.15) is 11.5 Å². The Balaban J connectivity index is 2.38. The van der Waals surface area contributed by atoms with Crippen LogP contribution in [0.15, 0.2) is 30.9 Å². The Morgan fingerprint density at radius 3 is 2.35 bits per heavy atom. The van der Waals surface area contributed by atoms with Crippen molar-refractivity contribution < 1.29 is 9.47 Å². The van der Waals surface area contributed by atoms with Crippen molar-refractivity contribution in [1.29, 1.82) is 0 Å². The highest BCUT2D eigenvalue weighted by Crippen LogP contribution is 2.39. The monoisotopic (exact) mass is 276 g/mol. The number of nitrogens with zero attached hydrogens (tertiary/aromatic N) is 1. The number of piperazine rings is 1. The molecule has 110 valence electrons. The molecule has 1 aromatic carbocycles. The summed E-state index contributed by atoms with van der Waals surface area (Å²) in [5, 5.41) is 3.39. The summed E-state index contributed by atoms with van der Waals surface area (Å²) in [4.78, 5) is 2.47. The zero-order chi connectivity index (χ0) is 14.4. The van der Waals surface area contributed by atoms with E-state index in [9.17, 15) is 0 Å². The van der Waals surface area contributed by atoms with E-state index < -0.39 is 0 Å². The van der Waals surface area contributed by atoms with E-state index in [0.717, 1.165) is 49.7 Å². The third kappa shape index (κ3) is 3.14. The van der Waals surface area contributed by atoms with Gasteiger partial charge < -0.3 is 14.8 Å². The first kappa shape index (κ1) is 14.9. The predicted octanol–water partition coefficient (Wildman–Crippen LogP) is 2.23. The number of hydrogen-bond donors (Lipinski definition) is 1. The van der Waals surface area contributed by atoms with Crippen molar-refractivity contribution in [1.82, 2.24) is 10.2 Å². The third-order valence-electron chi connectivity index (χ3n) is 3.78. The Morgan fingerprint density at radius 2 is 1.85 bits per heavy atom. The molecule has 0 bridgehead atoms. The molecule has 1 aliphatic heterocycles. The molecule has 0 unspecified atom stereocenters. The average Bonchev–Trinajstić information content (AvgIpc) is 2.52. The van der Waals surface area contributed by atoms with E-state index >= 15 is 0 Å². The highest BCUT2D eigenvalue weighted by atomic mass is 16.5. The van der Waals surface area contributed by atoms with Crippen LogP contribution in [-0.4, -0.2) is 45.3 Å². The molecule has 0 amide bonds. The zero-order valence-corrected chi connectivity index (χ0v) is 12.4. The van der Waals surface area contributed by atoms with Gasteiger partial charge in [-0.15, -0.1) is 6.58 Å². The van der Waals surface area contributed by atoms with Crippen molar-refractivity contribution in [3.05, 3.63) is 36.4 Å². The van der Waals surface area contributed by atoms with E-state index in [4.69, 9.17) is 9.47 Å². The fourth-order valence-corrected chi connectivity index (χ4v) is 2.81. The highest BCUT2D eigenvalue weighted by Gasteiger charge is 2.26. The van der Waals surface area contributed by atoms with E-state index in [2.05, 4.69) is 16.8 Å². The summed E-state index contributed by atoms with van der Waals surface area (Å²) >= 11 is 0. The van der Waals surface area contributed by atoms with Crippen molar-refractivity contribution in [3.63, 3.8) is 0 Å². The zero-order valence-electron chi connectivity index (χ0n) is 12.4. The molecule has 1 aliphatic rings. The molecule has 0 saturated carbocycles. The molecule has 1 aromatic rings. The number of methoxy groups -OCH3 is 2. The van der Waals surface area contributed by atoms with Gasteiger partial charge in [-0.05, 0) is 18.6 Å². The Bertz CT molecular complexity index is 420. The molecule has 4 heteroatoms. The molecule has 1 N–H and O–H groups in total. The van der Waals surface area contributed by atoms with Gasteiger partial charge in [0.25, 0.3) is 0 Å². The lowest BCUT2D eigenvalue weighted by molar-refractivity contribution is 0.168. The van der Waals surface area contributed by atoms with Gasteiger partial charge in [-0.3, -0.25) is 4.90 Å². The number of hydrogen-bond acceptors (Lipinski definition) is 4. The average molecular weight is 276 g/mol. The summed E-state index contributed by atoms with van der Waals surface area (Å²) in [6.45, 7) is 8.00. The minimum absolute atomic E-state index is 0.251. The van der Waals surface area contributed by atoms with Crippen LogP contribution < -0.4 is 14.8 Å². The summed E-state index contributed by atoms with van der Waals surface area (Å²) in [5.74, 6) is 1.77. The van der Waals surface area contributed by atoms with Gasteiger partial charge in [-0.2, -0.15) is 0 Å². The Labute approximate surface area is 121 Å². The van der Waals surface area contributed by atoms with Gasteiger partial charge in [0.05, 0.1) is 19.8 Å². The second kappa shape index (κ2) is 7.31. The molecule has 0 spiro atoms. The van der Waals surface area contributed by atoms with Crippen molar-refractivity contribution in [2.45, 2.75) is 12.5 Å². The molecular formula is C16H24N2O2. The smallest absolute Gasteiger partial charge is 0.127 e. The molecule has 0 aliphatic carbocycles. The fraction of sp³-hybridized carbons (Fsp3) is 0.500. The van der Waals surface area contributed by atoms with Gasteiger partial charge in [0, 0.05) is 32.2 Å². The molecular weight excluding hydrogens is 252 g/mol. The molecule has 1 saturated heterocycles. The molecule has 2 rings (SSSR count). The second-order valence-corrected chi connectivity index (χ2v) is 4.90. The maximum Gasteiger partial charge on any atom is 0.127 e. The molecule has 1 fully saturated rings. The van der Waals surface area contributed by atoms with Gasteiger partial charge in [0.15, 0.2) is 0 Å². The second-order valence-electron chi connectivity index (χ2n) is 4.90. The topological polar surface area (TPSA) is 33.7 Å². The van der Waals surface area contributed by atoms with E-state index in [1.54, 1.807) is 14.2 Å². The Hall–Kier alpha value is -1.52. The Morgan fingerprint density at radius 1 is 1.25 bits per heavy atom. The van der Waals surface area contributed by atoms with Gasteiger partial charge in [-0.1, -0.05) is 12.1 Å². The van der Waals surface area contributed by atoms with Gasteiger partial charge >= 0.3 is 0 Å². The van der Waals surface area contributed by atoms with Gasteiger partial charge in [-0.25, -0.2) is 0 Å². The van der Waals surface area contributed by atoms with Crippen LogP contribution >= 0.6 is 0 Å². The standard InChI is InChI=1S/C16H24N2O2/c1-4-6-13(18-11-9-17-10-12-18)16-14(19-2)7-5-8-15(16)20-3/h4-5,7-8,13,17H,1,6,9-12H2,2-3H3/t13-/m0/s1. The van der Waals surface area contributed by atoms with Crippen molar-refractivity contribution in [3.8, 4) is 11.5 Å². The van der Waals surface area contributed by atoms with Crippen LogP contribution in [0.4, 0.5) is 0 Å². The largest absolute Gasteiger partial charge is 0.496 e. The first-order valence-corrected chi connectivity index (χ1v) is 7.08. The summed E-state index contributed by atoms with van der Waals surface area (Å²) in [7, 11) is 3.42. The molecule has 20 heavy (non-hydrogen) atoms. The van der Waals surface area contributed by atoms with Crippen LogP contribution in [-0.2, 0) is 0 Å². The van der Waals surface area contributed by atoms with Crippen LogP contribution in [0.5, 0.6) is 11.5 Å². The van der Waals surface area contributed by atoms with Crippen LogP contribution in [0.1, 0.15) is 18.0 Å². The lowest BCUT2D eigenvalue weighted by atomic mass is 9.98. The minimum atomic E-state index is 0.251. The van der Waals surface area contributed by atoms with Crippen LogP contribution in [0.3, 0.4) is 0 Å². The van der Waals surface area contributed by atoms with E-state index in [1.165, 1.54) is 0 Å². The third-order valence-corrected chi connectivity index (χ3v) is 3.78. The number of nitrogens with one attached hydrogen (secondary N) is 1. The number of ether oxygens (including phenoxy) is 2. The van der Waals surface area contributed by atoms with E-state index in [1.807, 2.05) is 24.3 Å². The van der Waals surface area contributed by atoms with E-state index in [-0.39, 0.29) is 6.04 Å². The molecule has 1 heterocycles. The summed E-state index contributed by atoms with van der Waals surface area (Å²) in [6.07, 6.45) is 2.86. The van der Waals surface area contributed by atoms with Crippen molar-refractivity contribution in [2.75, 3.05) is 40.4 Å². The van der Waals surface area contributed by atoms with E-state index in [0.29, 0.717) is 0 Å². The number of benzene rings is 1. The molecule has 1 atom stereocenters. The molecule has 4 nitrogen and oxygen atoms in total. The Kier molecular flexibility index (Phi) is 5.44. The first-order chi connectivity index (χ1) is 9.81. The van der Waals surface area contributed by atoms with Crippen LogP contribution in [0.2, 0.25) is 0 Å². The molecule has 0 radical (unpaired) electrons. The summed E-state index contributed by atoms with van der Waals surface area (Å²) in [5.41, 5.74) is 1.12. The minimum Gasteiger partial charge on any atom is -0.496 e. The quantitative estimate of drug-likeness (QED) is 0.808. The first-order valence-electron chi connectivity index (χ1n) is 7.08. The maximum absolute atomic E-state index is 5.55. The SMILES string of the molecule is C=CC[C@@H](c1c(OC)cccc1OC)N1CCNCC1. The normalized spacial score (nSPS) is 17.5. The predicted molar refractivity (Wildman–Crippen MR) is 81.5 cm³/mol. The van der Waals surface area contributed by atoms with Crippen molar-refractivity contribution in [2.24, 2.45) is 0 Å². The van der Waals surface area contributed by atoms with Crippen LogP contribution in [0.25, 0.3) is 0 Å². The lowest BCUT2D eigenvalue weighted by Gasteiger charge is -2.35. The number of rotatable bonds is 6. The van der Waals surface area contributed by atoms with Crippen LogP contribution in [0, 0.1) is 0 Å². The fourth-order valence-electron chi connectivity index (χ4n) is 2.81. The van der Waals surface area contributed by atoms with Crippen molar-refractivity contribution >= 4 is 0 Å². The van der Waals surface area contributed by atoms with Gasteiger partial charge in [0.2, 0.25) is 0 Å². The summed E-state index contributed by atoms with van der Waals surface area (Å²) in [6, 6.07) is 6.21. The summed E-state index contributed by atoms with van der Waals surface area (Å²) < 4.78 is 11.1. The highest BCUT2D eigenvalue weighted by molar-refractivity contribution is 5.47.